The van der Waals surface area contributed by atoms with Crippen molar-refractivity contribution in [3.8, 4) is 0 Å². The molecule has 0 spiro atoms. The van der Waals surface area contributed by atoms with Gasteiger partial charge in [-0.2, -0.15) is 24.5 Å². The SMILES string of the molecule is CN(CCC(=O)O)S(=O)(=O)NCCN1CCSCC1. The van der Waals surface area contributed by atoms with Crippen LogP contribution >= 0.6 is 11.8 Å². The average Bonchev–Trinajstić information content (AvgIpc) is 2.36. The van der Waals surface area contributed by atoms with E-state index in [-0.39, 0.29) is 13.0 Å². The molecule has 0 aromatic heterocycles. The van der Waals surface area contributed by atoms with E-state index < -0.39 is 16.2 Å². The van der Waals surface area contributed by atoms with Gasteiger partial charge in [0.2, 0.25) is 0 Å². The second kappa shape index (κ2) is 8.05. The first-order valence-corrected chi connectivity index (χ1v) is 8.74. The van der Waals surface area contributed by atoms with Crippen molar-refractivity contribution in [2.45, 2.75) is 6.42 Å². The monoisotopic (exact) mass is 311 g/mol. The fraction of sp³-hybridized carbons (Fsp3) is 0.900. The fourth-order valence-electron chi connectivity index (χ4n) is 1.64. The van der Waals surface area contributed by atoms with Gasteiger partial charge in [0, 0.05) is 51.3 Å². The van der Waals surface area contributed by atoms with Crippen molar-refractivity contribution >= 4 is 27.9 Å². The molecule has 0 aliphatic carbocycles. The highest BCUT2D eigenvalue weighted by Crippen LogP contribution is 2.08. The van der Waals surface area contributed by atoms with Gasteiger partial charge in [-0.15, -0.1) is 0 Å². The molecule has 0 atom stereocenters. The maximum absolute atomic E-state index is 11.8. The summed E-state index contributed by atoms with van der Waals surface area (Å²) in [5.74, 6) is 1.17. The number of rotatable bonds is 8. The molecule has 0 radical (unpaired) electrons. The molecule has 9 heteroatoms. The lowest BCUT2D eigenvalue weighted by atomic mass is 10.4. The first-order valence-electron chi connectivity index (χ1n) is 6.14. The zero-order valence-electron chi connectivity index (χ0n) is 11.0. The number of carbonyl (C=O) groups is 1. The number of thioether (sulfide) groups is 1. The molecule has 1 heterocycles. The zero-order valence-corrected chi connectivity index (χ0v) is 12.7. The highest BCUT2D eigenvalue weighted by Gasteiger charge is 2.18. The van der Waals surface area contributed by atoms with E-state index in [0.29, 0.717) is 13.1 Å². The molecular formula is C10H21N3O4S2. The van der Waals surface area contributed by atoms with Crippen molar-refractivity contribution in [3.05, 3.63) is 0 Å². The van der Waals surface area contributed by atoms with Crippen LogP contribution in [-0.2, 0) is 15.0 Å². The van der Waals surface area contributed by atoms with E-state index in [1.165, 1.54) is 7.05 Å². The Morgan fingerprint density at radius 2 is 2.05 bits per heavy atom. The first-order chi connectivity index (χ1) is 8.92. The number of nitrogens with zero attached hydrogens (tertiary/aromatic N) is 2. The van der Waals surface area contributed by atoms with Crippen LogP contribution in [0.2, 0.25) is 0 Å². The van der Waals surface area contributed by atoms with Gasteiger partial charge >= 0.3 is 5.97 Å². The van der Waals surface area contributed by atoms with Crippen molar-refractivity contribution in [3.63, 3.8) is 0 Å². The van der Waals surface area contributed by atoms with E-state index in [1.807, 2.05) is 11.8 Å². The van der Waals surface area contributed by atoms with Gasteiger partial charge in [-0.3, -0.25) is 4.79 Å². The predicted octanol–water partition coefficient (Wildman–Crippen LogP) is -0.724. The van der Waals surface area contributed by atoms with Crippen LogP contribution in [0, 0.1) is 0 Å². The Labute approximate surface area is 118 Å². The molecule has 1 aliphatic rings. The molecule has 19 heavy (non-hydrogen) atoms. The molecule has 2 N–H and O–H groups in total. The van der Waals surface area contributed by atoms with Crippen molar-refractivity contribution in [1.29, 1.82) is 0 Å². The summed E-state index contributed by atoms with van der Waals surface area (Å²) >= 11 is 1.91. The third-order valence-corrected chi connectivity index (χ3v) is 5.38. The minimum atomic E-state index is -3.57. The molecule has 1 fully saturated rings. The van der Waals surface area contributed by atoms with Crippen molar-refractivity contribution in [1.82, 2.24) is 13.9 Å². The van der Waals surface area contributed by atoms with E-state index in [4.69, 9.17) is 5.11 Å². The second-order valence-corrected chi connectivity index (χ2v) is 7.41. The van der Waals surface area contributed by atoms with Crippen molar-refractivity contribution < 1.29 is 18.3 Å². The number of hydrogen-bond acceptors (Lipinski definition) is 5. The molecule has 0 bridgehead atoms. The molecule has 7 nitrogen and oxygen atoms in total. The molecule has 0 aromatic rings. The van der Waals surface area contributed by atoms with Crippen LogP contribution < -0.4 is 4.72 Å². The molecule has 1 aliphatic heterocycles. The molecule has 0 unspecified atom stereocenters. The quantitative estimate of drug-likeness (QED) is 0.615. The molecule has 0 aromatic carbocycles. The third-order valence-electron chi connectivity index (χ3n) is 2.87. The zero-order chi connectivity index (χ0) is 14.3. The van der Waals surface area contributed by atoms with Gasteiger partial charge in [-0.25, -0.2) is 4.72 Å². The average molecular weight is 311 g/mol. The van der Waals surface area contributed by atoms with Crippen LogP contribution in [-0.4, -0.2) is 80.0 Å². The lowest BCUT2D eigenvalue weighted by Crippen LogP contribution is -2.44. The van der Waals surface area contributed by atoms with Gasteiger partial charge in [-0.1, -0.05) is 0 Å². The normalized spacial score (nSPS) is 17.8. The molecule has 1 saturated heterocycles. The van der Waals surface area contributed by atoms with E-state index in [9.17, 15) is 13.2 Å². The Morgan fingerprint density at radius 3 is 2.63 bits per heavy atom. The fourth-order valence-corrected chi connectivity index (χ4v) is 3.52. The summed E-state index contributed by atoms with van der Waals surface area (Å²) in [7, 11) is -2.19. The van der Waals surface area contributed by atoms with Crippen LogP contribution in [0.4, 0.5) is 0 Å². The first kappa shape index (κ1) is 16.7. The Hall–Kier alpha value is -0.350. The van der Waals surface area contributed by atoms with Crippen LogP contribution in [0.5, 0.6) is 0 Å². The van der Waals surface area contributed by atoms with Crippen LogP contribution in [0.1, 0.15) is 6.42 Å². The Balaban J connectivity index is 2.27. The number of nitrogens with one attached hydrogen (secondary N) is 1. The molecule has 0 saturated carbocycles. The Bertz CT molecular complexity index is 382. The van der Waals surface area contributed by atoms with Gasteiger partial charge in [-0.05, 0) is 0 Å². The summed E-state index contributed by atoms with van der Waals surface area (Å²) in [5.41, 5.74) is 0. The smallest absolute Gasteiger partial charge is 0.304 e. The minimum absolute atomic E-state index is 0.0228. The standard InChI is InChI=1S/C10H21N3O4S2/c1-12(4-2-10(14)15)19(16,17)11-3-5-13-6-8-18-9-7-13/h11H,2-9H2,1H3,(H,14,15). The summed E-state index contributed by atoms with van der Waals surface area (Å²) in [4.78, 5) is 12.6. The largest absolute Gasteiger partial charge is 0.481 e. The van der Waals surface area contributed by atoms with Crippen LogP contribution in [0.15, 0.2) is 0 Å². The predicted molar refractivity (Wildman–Crippen MR) is 75.6 cm³/mol. The summed E-state index contributed by atoms with van der Waals surface area (Å²) < 4.78 is 27.1. The van der Waals surface area contributed by atoms with E-state index in [1.54, 1.807) is 0 Å². The number of hydrogen-bond donors (Lipinski definition) is 2. The van der Waals surface area contributed by atoms with Crippen LogP contribution in [0.25, 0.3) is 0 Å². The minimum Gasteiger partial charge on any atom is -0.481 e. The third kappa shape index (κ3) is 6.57. The maximum Gasteiger partial charge on any atom is 0.304 e. The lowest BCUT2D eigenvalue weighted by Gasteiger charge is -2.26. The number of carboxylic acids is 1. The molecule has 1 rings (SSSR count). The van der Waals surface area contributed by atoms with E-state index in [0.717, 1.165) is 28.9 Å². The van der Waals surface area contributed by atoms with Crippen molar-refractivity contribution in [2.24, 2.45) is 0 Å². The number of carboxylic acid groups (broad SMARTS) is 1. The van der Waals surface area contributed by atoms with Gasteiger partial charge in [0.05, 0.1) is 6.42 Å². The summed E-state index contributed by atoms with van der Waals surface area (Å²) in [6, 6.07) is 0. The molecular weight excluding hydrogens is 290 g/mol. The second-order valence-electron chi connectivity index (χ2n) is 4.32. The Morgan fingerprint density at radius 1 is 1.42 bits per heavy atom. The lowest BCUT2D eigenvalue weighted by molar-refractivity contribution is -0.137. The summed E-state index contributed by atoms with van der Waals surface area (Å²) in [5, 5.41) is 8.52. The van der Waals surface area contributed by atoms with Gasteiger partial charge in [0.25, 0.3) is 10.2 Å². The Kier molecular flexibility index (Phi) is 7.08. The van der Waals surface area contributed by atoms with E-state index >= 15 is 0 Å². The summed E-state index contributed by atoms with van der Waals surface area (Å²) in [6.07, 6.45) is -0.194. The van der Waals surface area contributed by atoms with E-state index in [2.05, 4.69) is 9.62 Å². The van der Waals surface area contributed by atoms with Gasteiger partial charge < -0.3 is 10.0 Å². The maximum atomic E-state index is 11.8. The van der Waals surface area contributed by atoms with Crippen molar-refractivity contribution in [2.75, 3.05) is 51.3 Å². The highest BCUT2D eigenvalue weighted by atomic mass is 32.2. The molecule has 112 valence electrons. The number of aliphatic carboxylic acids is 1. The van der Waals surface area contributed by atoms with Crippen LogP contribution in [0.3, 0.4) is 0 Å². The van der Waals surface area contributed by atoms with Gasteiger partial charge in [0.15, 0.2) is 0 Å². The topological polar surface area (TPSA) is 90.0 Å². The molecule has 0 amide bonds. The summed E-state index contributed by atoms with van der Waals surface area (Å²) in [6.45, 7) is 2.99. The highest BCUT2D eigenvalue weighted by molar-refractivity contribution is 7.99. The van der Waals surface area contributed by atoms with Gasteiger partial charge in [0.1, 0.15) is 0 Å².